The molecule has 0 bridgehead atoms. The summed E-state index contributed by atoms with van der Waals surface area (Å²) < 4.78 is 41.2. The van der Waals surface area contributed by atoms with Crippen LogP contribution in [0.3, 0.4) is 0 Å². The van der Waals surface area contributed by atoms with Crippen LogP contribution < -0.4 is 4.74 Å². The molecule has 0 N–H and O–H groups in total. The van der Waals surface area contributed by atoms with Gasteiger partial charge >= 0.3 is 6.61 Å². The lowest BCUT2D eigenvalue weighted by atomic mass is 10.2. The van der Waals surface area contributed by atoms with Crippen LogP contribution in [0, 0.1) is 17.7 Å². The highest BCUT2D eigenvalue weighted by atomic mass is 19.3. The van der Waals surface area contributed by atoms with E-state index in [9.17, 15) is 18.0 Å². The zero-order valence-electron chi connectivity index (χ0n) is 8.04. The third kappa shape index (κ3) is 3.31. The molecular formula is C11H7F3O2. The molecule has 0 aliphatic heterocycles. The molecule has 0 amide bonds. The summed E-state index contributed by atoms with van der Waals surface area (Å²) in [5, 5.41) is 0. The average molecular weight is 228 g/mol. The van der Waals surface area contributed by atoms with Gasteiger partial charge in [-0.2, -0.15) is 8.78 Å². The van der Waals surface area contributed by atoms with Crippen LogP contribution in [-0.4, -0.2) is 12.9 Å². The van der Waals surface area contributed by atoms with Crippen molar-refractivity contribution in [1.29, 1.82) is 0 Å². The molecule has 2 nitrogen and oxygen atoms in total. The fourth-order valence-corrected chi connectivity index (χ4v) is 1.00. The Hall–Kier alpha value is -1.96. The maximum absolute atomic E-state index is 13.2. The van der Waals surface area contributed by atoms with Crippen LogP contribution in [0.1, 0.15) is 12.0 Å². The first-order chi connectivity index (χ1) is 7.65. The maximum Gasteiger partial charge on any atom is 0.387 e. The molecule has 16 heavy (non-hydrogen) atoms. The van der Waals surface area contributed by atoms with Crippen LogP contribution >= 0.6 is 0 Å². The number of rotatable bonds is 3. The predicted octanol–water partition coefficient (Wildman–Crippen LogP) is 2.37. The Labute approximate surface area is 90.0 Å². The van der Waals surface area contributed by atoms with Crippen LogP contribution in [-0.2, 0) is 4.79 Å². The van der Waals surface area contributed by atoms with E-state index in [4.69, 9.17) is 0 Å². The van der Waals surface area contributed by atoms with Gasteiger partial charge < -0.3 is 9.53 Å². The largest absolute Gasteiger partial charge is 0.433 e. The molecule has 5 heteroatoms. The highest BCUT2D eigenvalue weighted by Gasteiger charge is 2.11. The van der Waals surface area contributed by atoms with Crippen molar-refractivity contribution in [3.8, 4) is 17.6 Å². The molecule has 0 saturated carbocycles. The summed E-state index contributed by atoms with van der Waals surface area (Å²) in [7, 11) is 0. The highest BCUT2D eigenvalue weighted by molar-refractivity contribution is 5.56. The van der Waals surface area contributed by atoms with E-state index in [1.54, 1.807) is 0 Å². The lowest BCUT2D eigenvalue weighted by molar-refractivity contribution is -0.107. The zero-order valence-corrected chi connectivity index (χ0v) is 8.04. The lowest BCUT2D eigenvalue weighted by Crippen LogP contribution is -2.04. The third-order valence-electron chi connectivity index (χ3n) is 1.59. The molecule has 1 aromatic rings. The van der Waals surface area contributed by atoms with Crippen molar-refractivity contribution in [2.24, 2.45) is 0 Å². The fraction of sp³-hybridized carbons (Fsp3) is 0.182. The van der Waals surface area contributed by atoms with Gasteiger partial charge in [0.25, 0.3) is 0 Å². The van der Waals surface area contributed by atoms with Gasteiger partial charge in [-0.15, -0.1) is 0 Å². The Bertz CT molecular complexity index is 433. The lowest BCUT2D eigenvalue weighted by Gasteiger charge is -2.06. The van der Waals surface area contributed by atoms with Crippen molar-refractivity contribution in [3.63, 3.8) is 0 Å². The van der Waals surface area contributed by atoms with Crippen molar-refractivity contribution in [2.45, 2.75) is 13.0 Å². The van der Waals surface area contributed by atoms with Gasteiger partial charge in [-0.25, -0.2) is 4.39 Å². The van der Waals surface area contributed by atoms with Gasteiger partial charge in [0.15, 0.2) is 0 Å². The molecule has 0 radical (unpaired) electrons. The Kier molecular flexibility index (Phi) is 4.40. The first-order valence-corrected chi connectivity index (χ1v) is 4.31. The maximum atomic E-state index is 13.2. The summed E-state index contributed by atoms with van der Waals surface area (Å²) in [6, 6.07) is 3.49. The average Bonchev–Trinajstić information content (AvgIpc) is 2.21. The van der Waals surface area contributed by atoms with Crippen molar-refractivity contribution in [3.05, 3.63) is 29.6 Å². The molecule has 0 aromatic heterocycles. The van der Waals surface area contributed by atoms with E-state index in [1.165, 1.54) is 12.1 Å². The molecule has 0 atom stereocenters. The summed E-state index contributed by atoms with van der Waals surface area (Å²) in [6.07, 6.45) is 0.434. The van der Waals surface area contributed by atoms with E-state index in [0.717, 1.165) is 6.07 Å². The number of aldehydes is 1. The SMILES string of the molecule is O=CCC#Cc1c(F)cccc1OC(F)F. The number of ether oxygens (including phenoxy) is 1. The molecule has 0 heterocycles. The Morgan fingerprint density at radius 1 is 1.44 bits per heavy atom. The van der Waals surface area contributed by atoms with E-state index < -0.39 is 12.4 Å². The number of hydrogen-bond donors (Lipinski definition) is 0. The second-order valence-electron chi connectivity index (χ2n) is 2.66. The first kappa shape index (κ1) is 12.1. The van der Waals surface area contributed by atoms with Gasteiger partial charge in [-0.05, 0) is 12.1 Å². The molecule has 0 saturated heterocycles. The van der Waals surface area contributed by atoms with Crippen LogP contribution in [0.15, 0.2) is 18.2 Å². The van der Waals surface area contributed by atoms with Gasteiger partial charge in [0.05, 0.1) is 6.42 Å². The van der Waals surface area contributed by atoms with Gasteiger partial charge in [-0.3, -0.25) is 0 Å². The van der Waals surface area contributed by atoms with Crippen molar-refractivity contribution >= 4 is 6.29 Å². The van der Waals surface area contributed by atoms with E-state index in [1.807, 2.05) is 0 Å². The summed E-state index contributed by atoms with van der Waals surface area (Å²) >= 11 is 0. The first-order valence-electron chi connectivity index (χ1n) is 4.31. The smallest absolute Gasteiger partial charge is 0.387 e. The normalized spacial score (nSPS) is 9.50. The minimum absolute atomic E-state index is 0.0948. The van der Waals surface area contributed by atoms with Gasteiger partial charge in [0, 0.05) is 0 Å². The minimum Gasteiger partial charge on any atom is -0.433 e. The third-order valence-corrected chi connectivity index (χ3v) is 1.59. The van der Waals surface area contributed by atoms with Crippen molar-refractivity contribution < 1.29 is 22.7 Å². The Morgan fingerprint density at radius 3 is 2.81 bits per heavy atom. The molecular weight excluding hydrogens is 221 g/mol. The van der Waals surface area contributed by atoms with Gasteiger partial charge in [0.2, 0.25) is 0 Å². The standard InChI is InChI=1S/C11H7F3O2/c12-9-5-3-6-10(16-11(13)14)8(9)4-1-2-7-15/h3,5-7,11H,2H2. The number of carbonyl (C=O) groups is 1. The fourth-order valence-electron chi connectivity index (χ4n) is 1.00. The zero-order chi connectivity index (χ0) is 12.0. The Balaban J connectivity index is 3.04. The molecule has 0 spiro atoms. The molecule has 0 unspecified atom stereocenters. The van der Waals surface area contributed by atoms with Crippen LogP contribution in [0.5, 0.6) is 5.75 Å². The summed E-state index contributed by atoms with van der Waals surface area (Å²) in [5.74, 6) is 3.49. The molecule has 0 aliphatic carbocycles. The van der Waals surface area contributed by atoms with E-state index in [0.29, 0.717) is 6.29 Å². The Morgan fingerprint density at radius 2 is 2.19 bits per heavy atom. The topological polar surface area (TPSA) is 26.3 Å². The number of alkyl halides is 2. The number of carbonyl (C=O) groups excluding carboxylic acids is 1. The van der Waals surface area contributed by atoms with Crippen molar-refractivity contribution in [2.75, 3.05) is 0 Å². The second kappa shape index (κ2) is 5.81. The van der Waals surface area contributed by atoms with Gasteiger partial charge in [-0.1, -0.05) is 17.9 Å². The van der Waals surface area contributed by atoms with Crippen LogP contribution in [0.4, 0.5) is 13.2 Å². The molecule has 84 valence electrons. The molecule has 0 aliphatic rings. The number of halogens is 3. The summed E-state index contributed by atoms with van der Waals surface area (Å²) in [5.41, 5.74) is -0.273. The number of benzene rings is 1. The molecule has 1 rings (SSSR count). The van der Waals surface area contributed by atoms with E-state index in [2.05, 4.69) is 16.6 Å². The number of hydrogen-bond acceptors (Lipinski definition) is 2. The van der Waals surface area contributed by atoms with Gasteiger partial charge in [0.1, 0.15) is 23.4 Å². The summed E-state index contributed by atoms with van der Waals surface area (Å²) in [6.45, 7) is -3.05. The van der Waals surface area contributed by atoms with Crippen LogP contribution in [0.25, 0.3) is 0 Å². The van der Waals surface area contributed by atoms with Crippen LogP contribution in [0.2, 0.25) is 0 Å². The van der Waals surface area contributed by atoms with Crippen molar-refractivity contribution in [1.82, 2.24) is 0 Å². The monoisotopic (exact) mass is 228 g/mol. The molecule has 1 aromatic carbocycles. The second-order valence-corrected chi connectivity index (χ2v) is 2.66. The van der Waals surface area contributed by atoms with E-state index >= 15 is 0 Å². The highest BCUT2D eigenvalue weighted by Crippen LogP contribution is 2.22. The van der Waals surface area contributed by atoms with E-state index in [-0.39, 0.29) is 17.7 Å². The summed E-state index contributed by atoms with van der Waals surface area (Å²) in [4.78, 5) is 10.00. The predicted molar refractivity (Wildman–Crippen MR) is 50.6 cm³/mol. The quantitative estimate of drug-likeness (QED) is 0.586. The molecule has 0 fully saturated rings. The minimum atomic E-state index is -3.05.